The summed E-state index contributed by atoms with van der Waals surface area (Å²) in [5.74, 6) is 0. The first-order valence-corrected chi connectivity index (χ1v) is 17.9. The molecule has 6 aromatic heterocycles. The number of hydrogen-bond donors (Lipinski definition) is 0. The van der Waals surface area contributed by atoms with Crippen molar-refractivity contribution in [3.63, 3.8) is 0 Å². The summed E-state index contributed by atoms with van der Waals surface area (Å²) in [6.45, 7) is 15.8. The Bertz CT molecular complexity index is 1980. The predicted octanol–water partition coefficient (Wildman–Crippen LogP) is 13.2. The molecule has 0 N–H and O–H groups in total. The molecule has 0 saturated carbocycles. The lowest BCUT2D eigenvalue weighted by molar-refractivity contribution is 1.49. The molecule has 0 spiro atoms. The van der Waals surface area contributed by atoms with Crippen LogP contribution in [-0.2, 0) is 0 Å². The predicted molar refractivity (Wildman–Crippen MR) is 184 cm³/mol. The molecule has 0 atom stereocenters. The Morgan fingerprint density at radius 3 is 1.38 bits per heavy atom. The molecule has 0 nitrogen and oxygen atoms in total. The lowest BCUT2D eigenvalue weighted by Gasteiger charge is -2.09. The zero-order valence-corrected chi connectivity index (χ0v) is 27.9. The van der Waals surface area contributed by atoms with Crippen LogP contribution in [0, 0.1) is 48.5 Å². The smallest absolute Gasteiger partial charge is 0.0481 e. The minimum Gasteiger partial charge on any atom is -0.140 e. The average molecular weight is 617 g/mol. The molecular weight excluding hydrogens is 589 g/mol. The van der Waals surface area contributed by atoms with Gasteiger partial charge in [0.2, 0.25) is 0 Å². The molecule has 0 saturated heterocycles. The van der Waals surface area contributed by atoms with Crippen LogP contribution >= 0.6 is 68.0 Å². The van der Waals surface area contributed by atoms with Crippen LogP contribution in [0.4, 0.5) is 0 Å². The molecule has 6 heterocycles. The molecule has 0 aliphatic heterocycles. The Hall–Kier alpha value is -2.06. The third kappa shape index (κ3) is 4.23. The van der Waals surface area contributed by atoms with Gasteiger partial charge >= 0.3 is 0 Å². The van der Waals surface area contributed by atoms with E-state index in [1.54, 1.807) is 0 Å². The van der Waals surface area contributed by atoms with Gasteiger partial charge in [0.1, 0.15) is 0 Å². The molecule has 39 heavy (non-hydrogen) atoms. The van der Waals surface area contributed by atoms with Crippen molar-refractivity contribution in [2.24, 2.45) is 0 Å². The van der Waals surface area contributed by atoms with Gasteiger partial charge in [0.05, 0.1) is 0 Å². The quantitative estimate of drug-likeness (QED) is 0.184. The Balaban J connectivity index is 1.50. The fourth-order valence-corrected chi connectivity index (χ4v) is 12.7. The van der Waals surface area contributed by atoms with Crippen molar-refractivity contribution in [3.05, 3.63) is 78.7 Å². The number of hydrogen-bond acceptors (Lipinski definition) is 6. The minimum atomic E-state index is 1.37. The SMILES string of the molecule is Cc1ccc(-c2sc(-c3c4cc(C)sc4c(-c4cc(C)c(-c5sc(C)cc5C)s4)c4cc(C)sc34)cc2C)s1. The summed E-state index contributed by atoms with van der Waals surface area (Å²) in [7, 11) is 0. The fourth-order valence-electron chi connectivity index (χ4n) is 5.61. The van der Waals surface area contributed by atoms with Crippen LogP contribution in [0.5, 0.6) is 0 Å². The summed E-state index contributed by atoms with van der Waals surface area (Å²) in [6.07, 6.45) is 0. The summed E-state index contributed by atoms with van der Waals surface area (Å²) in [5, 5.41) is 2.82. The standard InChI is InChI=1S/C33H28S6/c1-15-10-19(5)35-30(15)31-17(3)12-26(39-31)28-23-14-21(7)36-32(23)27(22-13-20(6)37-33(22)28)25-11-16(2)29(38-25)24-9-8-18(4)34-24/h8-14H,1-7H3. The largest absolute Gasteiger partial charge is 0.140 e. The lowest BCUT2D eigenvalue weighted by atomic mass is 9.99. The third-order valence-corrected chi connectivity index (χ3v) is 14.4. The van der Waals surface area contributed by atoms with E-state index in [2.05, 4.69) is 90.9 Å². The van der Waals surface area contributed by atoms with E-state index in [0.717, 1.165) is 0 Å². The molecule has 7 rings (SSSR count). The van der Waals surface area contributed by atoms with Crippen LogP contribution in [-0.4, -0.2) is 0 Å². The molecule has 7 aromatic rings. The molecule has 196 valence electrons. The Morgan fingerprint density at radius 1 is 0.385 bits per heavy atom. The Labute approximate surface area is 253 Å². The average Bonchev–Trinajstić information content (AvgIpc) is 3.69. The van der Waals surface area contributed by atoms with Crippen molar-refractivity contribution >= 4 is 88.2 Å². The second-order valence-corrected chi connectivity index (χ2v) is 17.6. The van der Waals surface area contributed by atoms with E-state index in [4.69, 9.17) is 0 Å². The van der Waals surface area contributed by atoms with Gasteiger partial charge in [-0.15, -0.1) is 68.0 Å². The summed E-state index contributed by atoms with van der Waals surface area (Å²) < 4.78 is 2.86. The van der Waals surface area contributed by atoms with E-state index < -0.39 is 0 Å². The number of thiophene rings is 6. The fraction of sp³-hybridized carbons (Fsp3) is 0.212. The van der Waals surface area contributed by atoms with E-state index in [0.29, 0.717) is 0 Å². The van der Waals surface area contributed by atoms with E-state index in [1.165, 1.54) is 96.8 Å². The zero-order valence-electron chi connectivity index (χ0n) is 23.0. The first kappa shape index (κ1) is 25.9. The molecule has 6 heteroatoms. The molecule has 0 aliphatic rings. The molecular formula is C33H28S6. The van der Waals surface area contributed by atoms with Crippen LogP contribution < -0.4 is 0 Å². The van der Waals surface area contributed by atoms with Crippen molar-refractivity contribution < 1.29 is 0 Å². The molecule has 0 fully saturated rings. The number of benzene rings is 1. The van der Waals surface area contributed by atoms with Gasteiger partial charge in [-0.2, -0.15) is 0 Å². The van der Waals surface area contributed by atoms with E-state index >= 15 is 0 Å². The highest BCUT2D eigenvalue weighted by Crippen LogP contribution is 2.54. The van der Waals surface area contributed by atoms with Gasteiger partial charge in [0.15, 0.2) is 0 Å². The van der Waals surface area contributed by atoms with Gasteiger partial charge < -0.3 is 0 Å². The number of aryl methyl sites for hydroxylation is 7. The van der Waals surface area contributed by atoms with Gasteiger partial charge in [-0.25, -0.2) is 0 Å². The van der Waals surface area contributed by atoms with Crippen molar-refractivity contribution in [2.75, 3.05) is 0 Å². The Kier molecular flexibility index (Phi) is 6.31. The van der Waals surface area contributed by atoms with Gasteiger partial charge in [-0.3, -0.25) is 0 Å². The zero-order chi connectivity index (χ0) is 27.2. The van der Waals surface area contributed by atoms with Crippen molar-refractivity contribution in [1.29, 1.82) is 0 Å². The second-order valence-electron chi connectivity index (χ2n) is 10.5. The monoisotopic (exact) mass is 616 g/mol. The van der Waals surface area contributed by atoms with Crippen LogP contribution in [0.25, 0.3) is 60.6 Å². The summed E-state index contributed by atoms with van der Waals surface area (Å²) >= 11 is 11.7. The Morgan fingerprint density at radius 2 is 0.872 bits per heavy atom. The highest BCUT2D eigenvalue weighted by atomic mass is 32.1. The van der Waals surface area contributed by atoms with Crippen molar-refractivity contribution in [1.82, 2.24) is 0 Å². The maximum atomic E-state index is 2.44. The maximum Gasteiger partial charge on any atom is 0.0481 e. The first-order valence-electron chi connectivity index (χ1n) is 13.0. The topological polar surface area (TPSA) is 0 Å². The van der Waals surface area contributed by atoms with Crippen molar-refractivity contribution in [3.8, 4) is 40.4 Å². The van der Waals surface area contributed by atoms with Gasteiger partial charge in [-0.1, -0.05) is 0 Å². The summed E-state index contributed by atoms with van der Waals surface area (Å²) in [5.41, 5.74) is 7.01. The van der Waals surface area contributed by atoms with Gasteiger partial charge in [0.25, 0.3) is 0 Å². The van der Waals surface area contributed by atoms with Crippen LogP contribution in [0.3, 0.4) is 0 Å². The maximum absolute atomic E-state index is 2.44. The second kappa shape index (κ2) is 9.51. The van der Waals surface area contributed by atoms with Crippen LogP contribution in [0.1, 0.15) is 36.2 Å². The molecule has 0 radical (unpaired) electrons. The lowest BCUT2D eigenvalue weighted by Crippen LogP contribution is -1.81. The summed E-state index contributed by atoms with van der Waals surface area (Å²) in [4.78, 5) is 13.9. The molecule has 1 aromatic carbocycles. The number of fused-ring (bicyclic) bond motifs is 2. The van der Waals surface area contributed by atoms with Crippen molar-refractivity contribution in [2.45, 2.75) is 48.5 Å². The van der Waals surface area contributed by atoms with E-state index in [-0.39, 0.29) is 0 Å². The molecule has 0 bridgehead atoms. The van der Waals surface area contributed by atoms with Crippen LogP contribution in [0.2, 0.25) is 0 Å². The molecule has 0 unspecified atom stereocenters. The summed E-state index contributed by atoms with van der Waals surface area (Å²) in [6, 6.07) is 16.6. The molecule has 0 amide bonds. The normalized spacial score (nSPS) is 12.0. The van der Waals surface area contributed by atoms with Gasteiger partial charge in [0, 0.05) is 80.1 Å². The number of rotatable bonds is 4. The van der Waals surface area contributed by atoms with Crippen LogP contribution in [0.15, 0.2) is 42.5 Å². The minimum absolute atomic E-state index is 1.37. The molecule has 0 aliphatic carbocycles. The first-order chi connectivity index (χ1) is 18.7. The van der Waals surface area contributed by atoms with E-state index in [9.17, 15) is 0 Å². The highest BCUT2D eigenvalue weighted by molar-refractivity contribution is 7.27. The highest BCUT2D eigenvalue weighted by Gasteiger charge is 2.24. The van der Waals surface area contributed by atoms with E-state index in [1.807, 2.05) is 68.0 Å². The third-order valence-electron chi connectivity index (χ3n) is 7.24. The van der Waals surface area contributed by atoms with Gasteiger partial charge in [-0.05, 0) is 108 Å².